The molecule has 2 heteroatoms. The molecule has 0 aliphatic carbocycles. The van der Waals surface area contributed by atoms with Crippen LogP contribution in [0.1, 0.15) is 0 Å². The van der Waals surface area contributed by atoms with Crippen molar-refractivity contribution in [3.63, 3.8) is 0 Å². The SMILES string of the molecule is c1csc(-c2cccc3ccc4sc5c6ccccc6ccc5c4c23)c1. The molecule has 0 N–H and O–H groups in total. The van der Waals surface area contributed by atoms with Gasteiger partial charge in [-0.2, -0.15) is 0 Å². The molecule has 0 spiro atoms. The number of rotatable bonds is 1. The van der Waals surface area contributed by atoms with Gasteiger partial charge in [0.05, 0.1) is 0 Å². The molecule has 0 fully saturated rings. The number of benzene rings is 4. The van der Waals surface area contributed by atoms with Crippen molar-refractivity contribution in [2.45, 2.75) is 0 Å². The molecule has 0 bridgehead atoms. The zero-order valence-electron chi connectivity index (χ0n) is 13.9. The summed E-state index contributed by atoms with van der Waals surface area (Å²) in [6.07, 6.45) is 0. The lowest BCUT2D eigenvalue weighted by Crippen LogP contribution is -1.80. The molecule has 0 atom stereocenters. The molecular weight excluding hydrogens is 352 g/mol. The maximum atomic E-state index is 2.31. The minimum Gasteiger partial charge on any atom is -0.144 e. The van der Waals surface area contributed by atoms with Crippen LogP contribution < -0.4 is 0 Å². The van der Waals surface area contributed by atoms with Gasteiger partial charge >= 0.3 is 0 Å². The first kappa shape index (κ1) is 14.5. The minimum atomic E-state index is 1.31. The molecule has 0 saturated heterocycles. The van der Waals surface area contributed by atoms with E-state index in [1.165, 1.54) is 52.2 Å². The lowest BCUT2D eigenvalue weighted by molar-refractivity contribution is 1.79. The molecule has 2 aromatic heterocycles. The summed E-state index contributed by atoms with van der Waals surface area (Å²) < 4.78 is 2.76. The third kappa shape index (κ3) is 1.94. The molecule has 4 aromatic carbocycles. The molecule has 0 nitrogen and oxygen atoms in total. The molecule has 122 valence electrons. The number of hydrogen-bond acceptors (Lipinski definition) is 2. The van der Waals surface area contributed by atoms with E-state index in [-0.39, 0.29) is 0 Å². The Morgan fingerprint density at radius 2 is 1.46 bits per heavy atom. The normalized spacial score (nSPS) is 11.8. The molecular formula is C24H14S2. The topological polar surface area (TPSA) is 0 Å². The summed E-state index contributed by atoms with van der Waals surface area (Å²) in [5.41, 5.74) is 1.34. The molecule has 0 unspecified atom stereocenters. The van der Waals surface area contributed by atoms with E-state index >= 15 is 0 Å². The third-order valence-electron chi connectivity index (χ3n) is 5.15. The van der Waals surface area contributed by atoms with E-state index in [1.807, 2.05) is 22.7 Å². The smallest absolute Gasteiger partial charge is 0.0434 e. The van der Waals surface area contributed by atoms with E-state index < -0.39 is 0 Å². The molecule has 0 aliphatic rings. The fraction of sp³-hybridized carbons (Fsp3) is 0. The Morgan fingerprint density at radius 3 is 2.38 bits per heavy atom. The van der Waals surface area contributed by atoms with Gasteiger partial charge < -0.3 is 0 Å². The van der Waals surface area contributed by atoms with Gasteiger partial charge in [-0.3, -0.25) is 0 Å². The zero-order valence-corrected chi connectivity index (χ0v) is 15.5. The molecule has 0 radical (unpaired) electrons. The predicted octanol–water partition coefficient (Wildman–Crippen LogP) is 8.09. The highest BCUT2D eigenvalue weighted by atomic mass is 32.1. The van der Waals surface area contributed by atoms with Crippen molar-refractivity contribution in [1.82, 2.24) is 0 Å². The Bertz CT molecular complexity index is 1420. The number of thiophene rings is 2. The summed E-state index contributed by atoms with van der Waals surface area (Å²) in [5, 5.41) is 10.3. The Kier molecular flexibility index (Phi) is 3.01. The van der Waals surface area contributed by atoms with Gasteiger partial charge in [-0.25, -0.2) is 0 Å². The monoisotopic (exact) mass is 366 g/mol. The highest BCUT2D eigenvalue weighted by Crippen LogP contribution is 2.44. The van der Waals surface area contributed by atoms with Gasteiger partial charge in [0.15, 0.2) is 0 Å². The van der Waals surface area contributed by atoms with Crippen LogP contribution in [0.25, 0.3) is 52.2 Å². The van der Waals surface area contributed by atoms with Crippen LogP contribution in [-0.4, -0.2) is 0 Å². The van der Waals surface area contributed by atoms with E-state index in [4.69, 9.17) is 0 Å². The van der Waals surface area contributed by atoms with Crippen LogP contribution in [0, 0.1) is 0 Å². The van der Waals surface area contributed by atoms with Crippen molar-refractivity contribution in [2.75, 3.05) is 0 Å². The summed E-state index contributed by atoms with van der Waals surface area (Å²) in [7, 11) is 0. The Labute approximate surface area is 158 Å². The van der Waals surface area contributed by atoms with Crippen molar-refractivity contribution in [1.29, 1.82) is 0 Å². The van der Waals surface area contributed by atoms with Crippen LogP contribution in [0.5, 0.6) is 0 Å². The summed E-state index contributed by atoms with van der Waals surface area (Å²) in [6, 6.07) is 28.9. The lowest BCUT2D eigenvalue weighted by atomic mass is 9.97. The van der Waals surface area contributed by atoms with Crippen LogP contribution in [0.2, 0.25) is 0 Å². The molecule has 6 aromatic rings. The van der Waals surface area contributed by atoms with Gasteiger partial charge in [-0.05, 0) is 39.1 Å². The second-order valence-electron chi connectivity index (χ2n) is 6.59. The number of fused-ring (bicyclic) bond motifs is 7. The standard InChI is InChI=1S/C24H14S2/c1-2-7-17-15(5-1)10-12-19-23-21(26-24(17)19)13-11-16-6-3-8-18(22(16)23)20-9-4-14-25-20/h1-14H. The molecule has 2 heterocycles. The molecule has 0 aliphatic heterocycles. The molecule has 26 heavy (non-hydrogen) atoms. The van der Waals surface area contributed by atoms with Crippen LogP contribution in [0.3, 0.4) is 0 Å². The average Bonchev–Trinajstić information content (AvgIpc) is 3.35. The van der Waals surface area contributed by atoms with Crippen LogP contribution in [0.4, 0.5) is 0 Å². The van der Waals surface area contributed by atoms with Gasteiger partial charge in [-0.15, -0.1) is 22.7 Å². The zero-order chi connectivity index (χ0) is 17.1. The van der Waals surface area contributed by atoms with E-state index in [2.05, 4.69) is 84.2 Å². The van der Waals surface area contributed by atoms with E-state index in [9.17, 15) is 0 Å². The first-order valence-electron chi connectivity index (χ1n) is 8.70. The highest BCUT2D eigenvalue weighted by Gasteiger charge is 2.14. The summed E-state index contributed by atoms with van der Waals surface area (Å²) in [4.78, 5) is 1.34. The largest absolute Gasteiger partial charge is 0.144 e. The Balaban J connectivity index is 1.88. The predicted molar refractivity (Wildman–Crippen MR) is 118 cm³/mol. The van der Waals surface area contributed by atoms with Crippen molar-refractivity contribution >= 4 is 64.4 Å². The van der Waals surface area contributed by atoms with Crippen molar-refractivity contribution < 1.29 is 0 Å². The fourth-order valence-electron chi connectivity index (χ4n) is 4.01. The third-order valence-corrected chi connectivity index (χ3v) is 7.26. The maximum Gasteiger partial charge on any atom is 0.0434 e. The van der Waals surface area contributed by atoms with Gasteiger partial charge in [0, 0.05) is 30.6 Å². The average molecular weight is 367 g/mol. The Hall–Kier alpha value is -2.68. The first-order chi connectivity index (χ1) is 12.9. The Morgan fingerprint density at radius 1 is 0.577 bits per heavy atom. The van der Waals surface area contributed by atoms with Crippen molar-refractivity contribution in [3.05, 3.63) is 84.2 Å². The summed E-state index contributed by atoms with van der Waals surface area (Å²) >= 11 is 3.73. The van der Waals surface area contributed by atoms with E-state index in [0.717, 1.165) is 0 Å². The van der Waals surface area contributed by atoms with Gasteiger partial charge in [0.2, 0.25) is 0 Å². The number of hydrogen-bond donors (Lipinski definition) is 0. The van der Waals surface area contributed by atoms with E-state index in [1.54, 1.807) is 0 Å². The minimum absolute atomic E-state index is 1.31. The lowest BCUT2D eigenvalue weighted by Gasteiger charge is -2.07. The second-order valence-corrected chi connectivity index (χ2v) is 8.59. The molecule has 6 rings (SSSR count). The van der Waals surface area contributed by atoms with Gasteiger partial charge in [0.1, 0.15) is 0 Å². The highest BCUT2D eigenvalue weighted by molar-refractivity contribution is 7.27. The summed E-state index contributed by atoms with van der Waals surface area (Å²) in [6.45, 7) is 0. The van der Waals surface area contributed by atoms with Crippen LogP contribution in [-0.2, 0) is 0 Å². The van der Waals surface area contributed by atoms with Crippen molar-refractivity contribution in [2.24, 2.45) is 0 Å². The first-order valence-corrected chi connectivity index (χ1v) is 10.4. The van der Waals surface area contributed by atoms with Crippen LogP contribution in [0.15, 0.2) is 84.2 Å². The van der Waals surface area contributed by atoms with Crippen molar-refractivity contribution in [3.8, 4) is 10.4 Å². The summed E-state index contributed by atoms with van der Waals surface area (Å²) in [5.74, 6) is 0. The van der Waals surface area contributed by atoms with E-state index in [0.29, 0.717) is 0 Å². The quantitative estimate of drug-likeness (QED) is 0.276. The molecule has 0 amide bonds. The van der Waals surface area contributed by atoms with Gasteiger partial charge in [0.25, 0.3) is 0 Å². The maximum absolute atomic E-state index is 2.31. The fourth-order valence-corrected chi connectivity index (χ4v) is 6.01. The second kappa shape index (κ2) is 5.41. The molecule has 0 saturated carbocycles. The van der Waals surface area contributed by atoms with Gasteiger partial charge in [-0.1, -0.05) is 66.7 Å². The van der Waals surface area contributed by atoms with Crippen LogP contribution >= 0.6 is 22.7 Å².